The second kappa shape index (κ2) is 9.05. The molecule has 0 spiro atoms. The number of allylic oxidation sites excluding steroid dienone is 2. The Morgan fingerprint density at radius 2 is 1.84 bits per heavy atom. The minimum absolute atomic E-state index is 0.0421. The molecule has 4 nitrogen and oxygen atoms in total. The number of hydrogen-bond donors (Lipinski definition) is 1. The summed E-state index contributed by atoms with van der Waals surface area (Å²) in [4.78, 5) is 5.09. The molecule has 0 amide bonds. The van der Waals surface area contributed by atoms with Gasteiger partial charge in [-0.2, -0.15) is 13.2 Å². The molecule has 2 N–H and O–H groups in total. The smallest absolute Gasteiger partial charge is 0.395 e. The highest BCUT2D eigenvalue weighted by Gasteiger charge is 2.32. The van der Waals surface area contributed by atoms with E-state index in [1.165, 1.54) is 24.3 Å². The number of nitrogens with two attached hydrogens (primary N) is 1. The Labute approximate surface area is 190 Å². The van der Waals surface area contributed by atoms with Gasteiger partial charge in [-0.15, -0.1) is 11.3 Å². The van der Waals surface area contributed by atoms with Crippen LogP contribution in [0.4, 0.5) is 23.2 Å². The van der Waals surface area contributed by atoms with Crippen LogP contribution in [0.15, 0.2) is 76.3 Å². The minimum atomic E-state index is -4.80. The van der Waals surface area contributed by atoms with Crippen LogP contribution in [0.5, 0.6) is 0 Å². The van der Waals surface area contributed by atoms with Gasteiger partial charge >= 0.3 is 6.18 Å². The number of halogens is 5. The highest BCUT2D eigenvalue weighted by atomic mass is 35.5. The average Bonchev–Trinajstić information content (AvgIpc) is 3.19. The number of aliphatic imine (C=N–C) groups is 1. The molecule has 0 fully saturated rings. The Balaban J connectivity index is 2.12. The summed E-state index contributed by atoms with van der Waals surface area (Å²) < 4.78 is 76.4. The summed E-state index contributed by atoms with van der Waals surface area (Å²) in [6.45, 7) is 0. The second-order valence-corrected chi connectivity index (χ2v) is 10.2. The van der Waals surface area contributed by atoms with Crippen LogP contribution in [0.25, 0.3) is 10.4 Å². The molecule has 0 bridgehead atoms. The molecule has 0 aliphatic carbocycles. The van der Waals surface area contributed by atoms with Crippen LogP contribution in [-0.2, 0) is 9.84 Å². The largest absolute Gasteiger partial charge is 0.430 e. The van der Waals surface area contributed by atoms with Crippen LogP contribution in [0, 0.1) is 5.82 Å². The van der Waals surface area contributed by atoms with Gasteiger partial charge in [-0.25, -0.2) is 17.8 Å². The number of sulfone groups is 1. The van der Waals surface area contributed by atoms with Gasteiger partial charge in [0.25, 0.3) is 0 Å². The van der Waals surface area contributed by atoms with Gasteiger partial charge in [0.05, 0.1) is 26.2 Å². The highest BCUT2D eigenvalue weighted by Crippen LogP contribution is 2.33. The van der Waals surface area contributed by atoms with Gasteiger partial charge in [0.15, 0.2) is 9.84 Å². The van der Waals surface area contributed by atoms with Crippen molar-refractivity contribution in [2.24, 2.45) is 10.7 Å². The van der Waals surface area contributed by atoms with E-state index < -0.39 is 27.5 Å². The first kappa shape index (κ1) is 24.0. The molecule has 0 radical (unpaired) electrons. The Morgan fingerprint density at radius 1 is 1.12 bits per heavy atom. The summed E-state index contributed by atoms with van der Waals surface area (Å²) in [5.41, 5.74) is 4.10. The van der Waals surface area contributed by atoms with Crippen molar-refractivity contribution in [2.75, 3.05) is 6.26 Å². The molecule has 0 aliphatic rings. The summed E-state index contributed by atoms with van der Waals surface area (Å²) >= 11 is 7.08. The van der Waals surface area contributed by atoms with Gasteiger partial charge in [0, 0.05) is 17.2 Å². The molecule has 0 saturated carbocycles. The second-order valence-electron chi connectivity index (χ2n) is 6.65. The molecule has 0 unspecified atom stereocenters. The van der Waals surface area contributed by atoms with E-state index in [4.69, 9.17) is 17.3 Å². The molecule has 3 rings (SSSR count). The van der Waals surface area contributed by atoms with E-state index in [0.717, 1.165) is 29.7 Å². The first-order valence-corrected chi connectivity index (χ1v) is 11.9. The molecule has 168 valence electrons. The Bertz CT molecular complexity index is 1330. The molecule has 0 atom stereocenters. The minimum Gasteiger partial charge on any atom is -0.395 e. The predicted molar refractivity (Wildman–Crippen MR) is 119 cm³/mol. The monoisotopic (exact) mass is 502 g/mol. The fourth-order valence-corrected chi connectivity index (χ4v) is 4.39. The summed E-state index contributed by atoms with van der Waals surface area (Å²) in [5, 5.41) is 0.0421. The van der Waals surface area contributed by atoms with Crippen LogP contribution in [0.1, 0.15) is 4.88 Å². The Kier molecular flexibility index (Phi) is 6.77. The average molecular weight is 503 g/mol. The third-order valence-electron chi connectivity index (χ3n) is 4.17. The lowest BCUT2D eigenvalue weighted by Crippen LogP contribution is -2.20. The highest BCUT2D eigenvalue weighted by molar-refractivity contribution is 7.90. The molecule has 1 heterocycles. The van der Waals surface area contributed by atoms with E-state index in [1.54, 1.807) is 18.2 Å². The molecule has 32 heavy (non-hydrogen) atoms. The predicted octanol–water partition coefficient (Wildman–Crippen LogP) is 6.14. The topological polar surface area (TPSA) is 72.5 Å². The summed E-state index contributed by atoms with van der Waals surface area (Å²) in [6, 6.07) is 12.6. The maximum Gasteiger partial charge on any atom is 0.430 e. The van der Waals surface area contributed by atoms with Crippen molar-refractivity contribution < 1.29 is 26.0 Å². The summed E-state index contributed by atoms with van der Waals surface area (Å²) in [7, 11) is -3.44. The quantitative estimate of drug-likeness (QED) is 0.336. The zero-order valence-electron chi connectivity index (χ0n) is 16.3. The summed E-state index contributed by atoms with van der Waals surface area (Å²) in [5.74, 6) is -0.662. The van der Waals surface area contributed by atoms with Gasteiger partial charge in [0.2, 0.25) is 0 Å². The number of hydrogen-bond acceptors (Lipinski definition) is 5. The van der Waals surface area contributed by atoms with Crippen molar-refractivity contribution in [2.45, 2.75) is 11.1 Å². The molecular formula is C21H15ClF4N2O2S2. The Hall–Kier alpha value is -2.69. The lowest BCUT2D eigenvalue weighted by molar-refractivity contribution is -0.0925. The van der Waals surface area contributed by atoms with E-state index in [-0.39, 0.29) is 26.2 Å². The van der Waals surface area contributed by atoms with Crippen LogP contribution >= 0.6 is 22.9 Å². The standard InChI is InChI=1S/C21H15ClF4N2O2S2/c1-32(29,30)14-4-2-3-12(9-14)18-7-8-19(31-18)17(11-20(27)21(24,25)26)28-16-10-13(23)5-6-15(16)22/h2-11H,27H2,1H3/b20-11-,28-17?. The zero-order chi connectivity index (χ0) is 23.7. The van der Waals surface area contributed by atoms with Crippen molar-refractivity contribution in [1.82, 2.24) is 0 Å². The first-order valence-electron chi connectivity index (χ1n) is 8.83. The maximum atomic E-state index is 13.6. The maximum absolute atomic E-state index is 13.6. The van der Waals surface area contributed by atoms with Gasteiger partial charge < -0.3 is 5.73 Å². The van der Waals surface area contributed by atoms with Crippen LogP contribution < -0.4 is 5.73 Å². The SMILES string of the molecule is CS(=O)(=O)c1cccc(-c2ccc(C(/C=C(\N)C(F)(F)F)=Nc3cc(F)ccc3Cl)s2)c1. The molecule has 1 aromatic heterocycles. The molecule has 3 aromatic rings. The molecule has 0 saturated heterocycles. The van der Waals surface area contributed by atoms with Crippen molar-refractivity contribution in [1.29, 1.82) is 0 Å². The molecular weight excluding hydrogens is 488 g/mol. The molecule has 11 heteroatoms. The number of rotatable bonds is 5. The number of alkyl halides is 3. The van der Waals surface area contributed by atoms with Crippen molar-refractivity contribution in [3.63, 3.8) is 0 Å². The number of benzene rings is 2. The lowest BCUT2D eigenvalue weighted by Gasteiger charge is -2.08. The Morgan fingerprint density at radius 3 is 2.50 bits per heavy atom. The lowest BCUT2D eigenvalue weighted by atomic mass is 10.2. The third kappa shape index (κ3) is 5.76. The van der Waals surface area contributed by atoms with Crippen LogP contribution in [-0.4, -0.2) is 26.6 Å². The van der Waals surface area contributed by atoms with Crippen molar-refractivity contribution in [3.05, 3.63) is 82.1 Å². The van der Waals surface area contributed by atoms with E-state index in [2.05, 4.69) is 4.99 Å². The fourth-order valence-electron chi connectivity index (χ4n) is 2.60. The third-order valence-corrected chi connectivity index (χ3v) is 6.76. The van der Waals surface area contributed by atoms with E-state index in [9.17, 15) is 26.0 Å². The van der Waals surface area contributed by atoms with Gasteiger partial charge in [0.1, 0.15) is 11.5 Å². The fraction of sp³-hybridized carbons (Fsp3) is 0.0952. The van der Waals surface area contributed by atoms with E-state index in [0.29, 0.717) is 16.5 Å². The molecule has 0 aliphatic heterocycles. The van der Waals surface area contributed by atoms with Crippen LogP contribution in [0.2, 0.25) is 5.02 Å². The summed E-state index contributed by atoms with van der Waals surface area (Å²) in [6.07, 6.45) is -3.08. The van der Waals surface area contributed by atoms with Gasteiger partial charge in [-0.1, -0.05) is 23.7 Å². The van der Waals surface area contributed by atoms with Gasteiger partial charge in [-0.3, -0.25) is 0 Å². The van der Waals surface area contributed by atoms with Crippen LogP contribution in [0.3, 0.4) is 0 Å². The van der Waals surface area contributed by atoms with Gasteiger partial charge in [-0.05, 0) is 48.0 Å². The van der Waals surface area contributed by atoms with Crippen molar-refractivity contribution in [3.8, 4) is 10.4 Å². The normalized spacial score (nSPS) is 13.4. The van der Waals surface area contributed by atoms with E-state index >= 15 is 0 Å². The van der Waals surface area contributed by atoms with E-state index in [1.807, 2.05) is 0 Å². The number of thiophene rings is 1. The first-order chi connectivity index (χ1) is 14.8. The number of nitrogens with zero attached hydrogens (tertiary/aromatic N) is 1. The zero-order valence-corrected chi connectivity index (χ0v) is 18.7. The van der Waals surface area contributed by atoms with Crippen molar-refractivity contribution >= 4 is 44.2 Å². The molecule has 2 aromatic carbocycles.